The van der Waals surface area contributed by atoms with Crippen molar-refractivity contribution >= 4 is 0 Å². The van der Waals surface area contributed by atoms with Crippen LogP contribution >= 0.6 is 0 Å². The predicted molar refractivity (Wildman–Crippen MR) is 74.2 cm³/mol. The van der Waals surface area contributed by atoms with Gasteiger partial charge in [0.1, 0.15) is 5.75 Å². The van der Waals surface area contributed by atoms with Gasteiger partial charge in [-0.15, -0.1) is 5.10 Å². The maximum Gasteiger partial charge on any atom is 0.387 e. The van der Waals surface area contributed by atoms with E-state index in [-0.39, 0.29) is 11.8 Å². The molecule has 0 aliphatic heterocycles. The molecular formula is C14H18F2N4O. The van der Waals surface area contributed by atoms with Crippen LogP contribution < -0.4 is 10.1 Å². The Morgan fingerprint density at radius 2 is 2.19 bits per heavy atom. The highest BCUT2D eigenvalue weighted by atomic mass is 19.3. The van der Waals surface area contributed by atoms with E-state index >= 15 is 0 Å². The van der Waals surface area contributed by atoms with Crippen molar-refractivity contribution in [2.24, 2.45) is 7.05 Å². The molecule has 0 amide bonds. The van der Waals surface area contributed by atoms with E-state index in [1.54, 1.807) is 23.9 Å². The van der Waals surface area contributed by atoms with Gasteiger partial charge in [-0.1, -0.05) is 24.3 Å². The van der Waals surface area contributed by atoms with Crippen LogP contribution in [0, 0.1) is 0 Å². The third kappa shape index (κ3) is 4.49. The molecular weight excluding hydrogens is 278 g/mol. The number of ether oxygens (including phenoxy) is 1. The number of likely N-dealkylation sites (N-methyl/N-ethyl adjacent to an activating group) is 1. The molecule has 1 unspecified atom stereocenters. The summed E-state index contributed by atoms with van der Waals surface area (Å²) in [7, 11) is 1.80. The summed E-state index contributed by atoms with van der Waals surface area (Å²) < 4.78 is 30.7. The first-order valence-electron chi connectivity index (χ1n) is 6.72. The Bertz CT molecular complexity index is 574. The Hall–Kier alpha value is -2.02. The summed E-state index contributed by atoms with van der Waals surface area (Å²) in [6, 6.07) is 6.68. The summed E-state index contributed by atoms with van der Waals surface area (Å²) >= 11 is 0. The normalized spacial score (nSPS) is 12.6. The van der Waals surface area contributed by atoms with E-state index in [0.29, 0.717) is 6.42 Å². The number of rotatable bonds is 7. The smallest absolute Gasteiger partial charge is 0.387 e. The first-order chi connectivity index (χ1) is 10.1. The van der Waals surface area contributed by atoms with Crippen molar-refractivity contribution in [3.63, 3.8) is 0 Å². The van der Waals surface area contributed by atoms with Crippen molar-refractivity contribution in [1.82, 2.24) is 20.3 Å². The quantitative estimate of drug-likeness (QED) is 0.852. The molecule has 0 aliphatic carbocycles. The molecule has 2 rings (SSSR count). The van der Waals surface area contributed by atoms with Gasteiger partial charge in [-0.25, -0.2) is 0 Å². The third-order valence-corrected chi connectivity index (χ3v) is 3.00. The highest BCUT2D eigenvalue weighted by Gasteiger charge is 2.15. The Balaban J connectivity index is 2.17. The summed E-state index contributed by atoms with van der Waals surface area (Å²) in [5.74, 6) is 0.157. The molecule has 5 nitrogen and oxygen atoms in total. The fraction of sp³-hybridized carbons (Fsp3) is 0.429. The van der Waals surface area contributed by atoms with Crippen LogP contribution in [0.5, 0.6) is 5.75 Å². The fourth-order valence-electron chi connectivity index (χ4n) is 2.16. The van der Waals surface area contributed by atoms with Crippen molar-refractivity contribution in [2.75, 3.05) is 6.54 Å². The van der Waals surface area contributed by atoms with Crippen LogP contribution in [0.15, 0.2) is 30.5 Å². The minimum atomic E-state index is -2.82. The molecule has 1 atom stereocenters. The largest absolute Gasteiger partial charge is 0.435 e. The predicted octanol–water partition coefficient (Wildman–Crippen LogP) is 2.31. The summed E-state index contributed by atoms with van der Waals surface area (Å²) in [5, 5.41) is 11.3. The van der Waals surface area contributed by atoms with E-state index in [2.05, 4.69) is 20.4 Å². The molecule has 0 spiro atoms. The van der Waals surface area contributed by atoms with E-state index in [9.17, 15) is 8.78 Å². The van der Waals surface area contributed by atoms with E-state index in [1.807, 2.05) is 19.2 Å². The lowest BCUT2D eigenvalue weighted by Gasteiger charge is -2.18. The van der Waals surface area contributed by atoms with Gasteiger partial charge in [0.15, 0.2) is 0 Å². The maximum absolute atomic E-state index is 12.3. The van der Waals surface area contributed by atoms with E-state index < -0.39 is 6.61 Å². The number of hydrogen-bond acceptors (Lipinski definition) is 4. The zero-order valence-corrected chi connectivity index (χ0v) is 12.0. The fourth-order valence-corrected chi connectivity index (χ4v) is 2.16. The van der Waals surface area contributed by atoms with Crippen molar-refractivity contribution in [3.05, 3.63) is 41.7 Å². The SMILES string of the molecule is CCNC(Cc1cn(C)nn1)c1cccc(OC(F)F)c1. The Labute approximate surface area is 121 Å². The minimum absolute atomic E-state index is 0.0343. The second-order valence-electron chi connectivity index (χ2n) is 4.65. The van der Waals surface area contributed by atoms with Crippen LogP contribution in [0.3, 0.4) is 0 Å². The van der Waals surface area contributed by atoms with E-state index in [1.165, 1.54) is 6.07 Å². The zero-order valence-electron chi connectivity index (χ0n) is 12.0. The lowest BCUT2D eigenvalue weighted by Crippen LogP contribution is -2.23. The monoisotopic (exact) mass is 296 g/mol. The highest BCUT2D eigenvalue weighted by molar-refractivity contribution is 5.31. The minimum Gasteiger partial charge on any atom is -0.435 e. The van der Waals surface area contributed by atoms with Gasteiger partial charge in [0.2, 0.25) is 0 Å². The third-order valence-electron chi connectivity index (χ3n) is 3.00. The number of hydrogen-bond donors (Lipinski definition) is 1. The number of nitrogens with one attached hydrogen (secondary N) is 1. The molecule has 1 aromatic heterocycles. The van der Waals surface area contributed by atoms with Gasteiger partial charge >= 0.3 is 6.61 Å². The van der Waals surface area contributed by atoms with Crippen LogP contribution in [-0.2, 0) is 13.5 Å². The number of benzene rings is 1. The van der Waals surface area contributed by atoms with Crippen LogP contribution in [-0.4, -0.2) is 28.2 Å². The molecule has 1 heterocycles. The van der Waals surface area contributed by atoms with Crippen LogP contribution in [0.1, 0.15) is 24.2 Å². The topological polar surface area (TPSA) is 52.0 Å². The molecule has 114 valence electrons. The first-order valence-corrected chi connectivity index (χ1v) is 6.72. The first kappa shape index (κ1) is 15.4. The molecule has 0 bridgehead atoms. The van der Waals surface area contributed by atoms with Crippen molar-refractivity contribution < 1.29 is 13.5 Å². The van der Waals surface area contributed by atoms with Crippen molar-refractivity contribution in [3.8, 4) is 5.75 Å². The second-order valence-corrected chi connectivity index (χ2v) is 4.65. The molecule has 0 fully saturated rings. The summed E-state index contributed by atoms with van der Waals surface area (Å²) in [6.07, 6.45) is 2.46. The van der Waals surface area contributed by atoms with E-state index in [0.717, 1.165) is 17.8 Å². The van der Waals surface area contributed by atoms with Gasteiger partial charge in [-0.3, -0.25) is 4.68 Å². The molecule has 0 saturated carbocycles. The Morgan fingerprint density at radius 3 is 2.81 bits per heavy atom. The van der Waals surface area contributed by atoms with Gasteiger partial charge in [0, 0.05) is 25.7 Å². The lowest BCUT2D eigenvalue weighted by atomic mass is 10.0. The van der Waals surface area contributed by atoms with E-state index in [4.69, 9.17) is 0 Å². The van der Waals surface area contributed by atoms with Gasteiger partial charge in [-0.2, -0.15) is 8.78 Å². The molecule has 7 heteroatoms. The number of halogens is 2. The second kappa shape index (κ2) is 7.12. The number of aromatic nitrogens is 3. The van der Waals surface area contributed by atoms with Gasteiger partial charge in [0.25, 0.3) is 0 Å². The molecule has 1 aromatic carbocycles. The maximum atomic E-state index is 12.3. The van der Waals surface area contributed by atoms with Gasteiger partial charge in [0.05, 0.1) is 5.69 Å². The Morgan fingerprint density at radius 1 is 1.38 bits per heavy atom. The van der Waals surface area contributed by atoms with Gasteiger partial charge < -0.3 is 10.1 Å². The van der Waals surface area contributed by atoms with Crippen molar-refractivity contribution in [1.29, 1.82) is 0 Å². The average molecular weight is 296 g/mol. The Kier molecular flexibility index (Phi) is 5.21. The molecule has 0 radical (unpaired) electrons. The molecule has 2 aromatic rings. The van der Waals surface area contributed by atoms with Crippen LogP contribution in [0.25, 0.3) is 0 Å². The number of aryl methyl sites for hydroxylation is 1. The highest BCUT2D eigenvalue weighted by Crippen LogP contribution is 2.23. The van der Waals surface area contributed by atoms with Crippen LogP contribution in [0.4, 0.5) is 8.78 Å². The number of nitrogens with zero attached hydrogens (tertiary/aromatic N) is 3. The molecule has 0 aliphatic rings. The zero-order chi connectivity index (χ0) is 15.2. The van der Waals surface area contributed by atoms with Crippen LogP contribution in [0.2, 0.25) is 0 Å². The molecule has 1 N–H and O–H groups in total. The summed E-state index contributed by atoms with van der Waals surface area (Å²) in [6.45, 7) is -0.0774. The summed E-state index contributed by atoms with van der Waals surface area (Å²) in [4.78, 5) is 0. The molecule has 0 saturated heterocycles. The lowest BCUT2D eigenvalue weighted by molar-refractivity contribution is -0.0499. The summed E-state index contributed by atoms with van der Waals surface area (Å²) in [5.41, 5.74) is 1.71. The number of alkyl halides is 2. The standard InChI is InChI=1S/C14H18F2N4O/c1-3-17-13(8-11-9-20(2)19-18-11)10-5-4-6-12(7-10)21-14(15)16/h4-7,9,13-14,17H,3,8H2,1-2H3. The van der Waals surface area contributed by atoms with Gasteiger partial charge in [-0.05, 0) is 24.2 Å². The average Bonchev–Trinajstić information content (AvgIpc) is 2.83. The van der Waals surface area contributed by atoms with Crippen molar-refractivity contribution in [2.45, 2.75) is 26.0 Å². The molecule has 21 heavy (non-hydrogen) atoms.